The molecule has 0 radical (unpaired) electrons. The van der Waals surface area contributed by atoms with Gasteiger partial charge in [0.25, 0.3) is 0 Å². The third-order valence-corrected chi connectivity index (χ3v) is 3.79. The van der Waals surface area contributed by atoms with Crippen molar-refractivity contribution in [1.82, 2.24) is 0 Å². The second kappa shape index (κ2) is 7.58. The molecule has 2 aromatic rings. The number of carbonyl (C=O) groups excluding carboxylic acids is 2. The van der Waals surface area contributed by atoms with Crippen LogP contribution in [0.2, 0.25) is 0 Å². The first kappa shape index (κ1) is 16.7. The summed E-state index contributed by atoms with van der Waals surface area (Å²) in [5, 5.41) is 0. The van der Waals surface area contributed by atoms with Crippen molar-refractivity contribution in [3.05, 3.63) is 59.7 Å². The van der Waals surface area contributed by atoms with E-state index in [0.29, 0.717) is 11.5 Å². The number of aldehydes is 2. The molecule has 0 fully saturated rings. The van der Waals surface area contributed by atoms with Gasteiger partial charge in [-0.15, -0.1) is 0 Å². The normalized spacial score (nSPS) is 10.9. The number of rotatable bonds is 8. The lowest BCUT2D eigenvalue weighted by Gasteiger charge is -2.26. The fourth-order valence-corrected chi connectivity index (χ4v) is 2.36. The van der Waals surface area contributed by atoms with Gasteiger partial charge >= 0.3 is 0 Å². The Balaban J connectivity index is 2.16. The van der Waals surface area contributed by atoms with Crippen molar-refractivity contribution in [3.63, 3.8) is 0 Å². The van der Waals surface area contributed by atoms with Crippen molar-refractivity contribution in [2.75, 3.05) is 13.2 Å². The van der Waals surface area contributed by atoms with Crippen LogP contribution in [0, 0.1) is 0 Å². The van der Waals surface area contributed by atoms with Crippen LogP contribution in [0.5, 0.6) is 11.5 Å². The van der Waals surface area contributed by atoms with Gasteiger partial charge in [-0.3, -0.25) is 9.59 Å². The Morgan fingerprint density at radius 2 is 1.09 bits per heavy atom. The minimum absolute atomic E-state index is 0.0605. The van der Waals surface area contributed by atoms with Crippen molar-refractivity contribution in [1.29, 1.82) is 0 Å². The first-order valence-electron chi connectivity index (χ1n) is 7.42. The summed E-state index contributed by atoms with van der Waals surface area (Å²) in [6, 6.07) is 15.4. The molecule has 120 valence electrons. The van der Waals surface area contributed by atoms with E-state index in [0.717, 1.165) is 23.7 Å². The third-order valence-electron chi connectivity index (χ3n) is 3.79. The average Bonchev–Trinajstić information content (AvgIpc) is 2.59. The molecule has 0 saturated carbocycles. The number of ether oxygens (including phenoxy) is 2. The molecule has 23 heavy (non-hydrogen) atoms. The fourth-order valence-electron chi connectivity index (χ4n) is 2.36. The zero-order chi connectivity index (χ0) is 16.7. The number of benzene rings is 2. The van der Waals surface area contributed by atoms with E-state index in [1.54, 1.807) is 0 Å². The van der Waals surface area contributed by atoms with Gasteiger partial charge < -0.3 is 9.47 Å². The lowest BCUT2D eigenvalue weighted by atomic mass is 9.78. The highest BCUT2D eigenvalue weighted by Crippen LogP contribution is 2.33. The molecular weight excluding hydrogens is 292 g/mol. The molecule has 0 spiro atoms. The molecular formula is C19H20O4. The molecule has 0 heterocycles. The van der Waals surface area contributed by atoms with Gasteiger partial charge in [-0.2, -0.15) is 0 Å². The van der Waals surface area contributed by atoms with Crippen LogP contribution in [-0.2, 0) is 15.0 Å². The second-order valence-electron chi connectivity index (χ2n) is 5.63. The van der Waals surface area contributed by atoms with E-state index in [9.17, 15) is 9.59 Å². The Labute approximate surface area is 136 Å². The summed E-state index contributed by atoms with van der Waals surface area (Å²) in [6.07, 6.45) is 1.46. The van der Waals surface area contributed by atoms with Gasteiger partial charge in [0.1, 0.15) is 24.7 Å². The average molecular weight is 312 g/mol. The van der Waals surface area contributed by atoms with E-state index in [2.05, 4.69) is 13.8 Å². The van der Waals surface area contributed by atoms with E-state index >= 15 is 0 Å². The fraction of sp³-hybridized carbons (Fsp3) is 0.263. The number of hydrogen-bond acceptors (Lipinski definition) is 4. The van der Waals surface area contributed by atoms with Crippen LogP contribution < -0.4 is 9.47 Å². The summed E-state index contributed by atoms with van der Waals surface area (Å²) in [5.74, 6) is 1.35. The zero-order valence-electron chi connectivity index (χ0n) is 13.3. The van der Waals surface area contributed by atoms with Crippen molar-refractivity contribution in [3.8, 4) is 11.5 Å². The van der Waals surface area contributed by atoms with Crippen LogP contribution in [0.4, 0.5) is 0 Å². The van der Waals surface area contributed by atoms with Crippen LogP contribution in [0.15, 0.2) is 48.5 Å². The molecule has 0 atom stereocenters. The maximum atomic E-state index is 10.3. The highest BCUT2D eigenvalue weighted by molar-refractivity contribution is 5.52. The Kier molecular flexibility index (Phi) is 5.52. The predicted molar refractivity (Wildman–Crippen MR) is 88.1 cm³/mol. The summed E-state index contributed by atoms with van der Waals surface area (Å²) >= 11 is 0. The van der Waals surface area contributed by atoms with Gasteiger partial charge in [-0.25, -0.2) is 0 Å². The molecule has 2 aromatic carbocycles. The SMILES string of the molecule is CC(C)(c1ccc(OCC=O)cc1)c1ccc(OCC=O)cc1. The minimum Gasteiger partial charge on any atom is -0.486 e. The lowest BCUT2D eigenvalue weighted by Crippen LogP contribution is -2.18. The largest absolute Gasteiger partial charge is 0.486 e. The molecule has 2 rings (SSSR count). The molecule has 0 N–H and O–H groups in total. The third kappa shape index (κ3) is 4.19. The summed E-state index contributed by atoms with van der Waals surface area (Å²) in [7, 11) is 0. The number of carbonyl (C=O) groups is 2. The van der Waals surface area contributed by atoms with Gasteiger partial charge in [0.15, 0.2) is 12.6 Å². The topological polar surface area (TPSA) is 52.6 Å². The Morgan fingerprint density at radius 3 is 1.39 bits per heavy atom. The van der Waals surface area contributed by atoms with E-state index in [4.69, 9.17) is 9.47 Å². The quantitative estimate of drug-likeness (QED) is 0.703. The molecule has 0 aliphatic heterocycles. The minimum atomic E-state index is -0.188. The maximum Gasteiger partial charge on any atom is 0.157 e. The van der Waals surface area contributed by atoms with E-state index in [-0.39, 0.29) is 18.6 Å². The van der Waals surface area contributed by atoms with E-state index < -0.39 is 0 Å². The van der Waals surface area contributed by atoms with Crippen molar-refractivity contribution < 1.29 is 19.1 Å². The van der Waals surface area contributed by atoms with Crippen LogP contribution in [0.1, 0.15) is 25.0 Å². The summed E-state index contributed by atoms with van der Waals surface area (Å²) in [5.41, 5.74) is 2.09. The van der Waals surface area contributed by atoms with E-state index in [1.165, 1.54) is 0 Å². The summed E-state index contributed by atoms with van der Waals surface area (Å²) < 4.78 is 10.5. The highest BCUT2D eigenvalue weighted by Gasteiger charge is 2.23. The summed E-state index contributed by atoms with van der Waals surface area (Å²) in [6.45, 7) is 4.39. The van der Waals surface area contributed by atoms with Crippen LogP contribution >= 0.6 is 0 Å². The Hall–Kier alpha value is -2.62. The highest BCUT2D eigenvalue weighted by atomic mass is 16.5. The zero-order valence-corrected chi connectivity index (χ0v) is 13.3. The molecule has 0 amide bonds. The Bertz CT molecular complexity index is 585. The Morgan fingerprint density at radius 1 is 0.739 bits per heavy atom. The number of hydrogen-bond donors (Lipinski definition) is 0. The van der Waals surface area contributed by atoms with Gasteiger partial charge in [-0.1, -0.05) is 38.1 Å². The molecule has 0 aliphatic carbocycles. The van der Waals surface area contributed by atoms with Crippen LogP contribution in [0.3, 0.4) is 0 Å². The summed E-state index contributed by atoms with van der Waals surface area (Å²) in [4.78, 5) is 20.7. The van der Waals surface area contributed by atoms with Gasteiger partial charge in [0, 0.05) is 5.41 Å². The molecule has 4 nitrogen and oxygen atoms in total. The smallest absolute Gasteiger partial charge is 0.157 e. The van der Waals surface area contributed by atoms with Crippen molar-refractivity contribution in [2.24, 2.45) is 0 Å². The standard InChI is InChI=1S/C19H20O4/c1-19(2,15-3-7-17(8-4-15)22-13-11-20)16-5-9-18(10-6-16)23-14-12-21/h3-12H,13-14H2,1-2H3. The molecule has 0 unspecified atom stereocenters. The maximum absolute atomic E-state index is 10.3. The van der Waals surface area contributed by atoms with Crippen molar-refractivity contribution in [2.45, 2.75) is 19.3 Å². The molecule has 0 bridgehead atoms. The van der Waals surface area contributed by atoms with Crippen LogP contribution in [0.25, 0.3) is 0 Å². The second-order valence-corrected chi connectivity index (χ2v) is 5.63. The van der Waals surface area contributed by atoms with Crippen LogP contribution in [-0.4, -0.2) is 25.8 Å². The molecule has 0 saturated heterocycles. The van der Waals surface area contributed by atoms with Gasteiger partial charge in [0.05, 0.1) is 0 Å². The van der Waals surface area contributed by atoms with Crippen molar-refractivity contribution >= 4 is 12.6 Å². The molecule has 4 heteroatoms. The molecule has 0 aliphatic rings. The first-order valence-corrected chi connectivity index (χ1v) is 7.42. The van der Waals surface area contributed by atoms with E-state index in [1.807, 2.05) is 48.5 Å². The van der Waals surface area contributed by atoms with Gasteiger partial charge in [0.2, 0.25) is 0 Å². The first-order chi connectivity index (χ1) is 11.1. The lowest BCUT2D eigenvalue weighted by molar-refractivity contribution is -0.110. The molecule has 0 aromatic heterocycles. The predicted octanol–water partition coefficient (Wildman–Crippen LogP) is 3.17. The monoisotopic (exact) mass is 312 g/mol. The van der Waals surface area contributed by atoms with Gasteiger partial charge in [-0.05, 0) is 35.4 Å².